The van der Waals surface area contributed by atoms with Crippen LogP contribution >= 0.6 is 23.2 Å². The van der Waals surface area contributed by atoms with Gasteiger partial charge in [0.1, 0.15) is 6.04 Å². The average Bonchev–Trinajstić information content (AvgIpc) is 3.26. The first-order valence-corrected chi connectivity index (χ1v) is 11.6. The molecule has 1 aliphatic heterocycles. The highest BCUT2D eigenvalue weighted by Gasteiger charge is 2.26. The number of hydrogen-bond acceptors (Lipinski definition) is 4. The number of allylic oxidation sites excluding steroid dienone is 1. The van der Waals surface area contributed by atoms with Gasteiger partial charge in [-0.05, 0) is 53.5 Å². The fourth-order valence-electron chi connectivity index (χ4n) is 3.83. The maximum absolute atomic E-state index is 12.5. The van der Waals surface area contributed by atoms with Crippen molar-refractivity contribution in [3.63, 3.8) is 0 Å². The lowest BCUT2D eigenvalue weighted by Crippen LogP contribution is -2.20. The molecule has 0 unspecified atom stereocenters. The van der Waals surface area contributed by atoms with E-state index >= 15 is 0 Å². The van der Waals surface area contributed by atoms with Crippen LogP contribution < -0.4 is 10.6 Å². The van der Waals surface area contributed by atoms with Crippen LogP contribution in [0.5, 0.6) is 0 Å². The monoisotopic (exact) mass is 489 g/mol. The van der Waals surface area contributed by atoms with Crippen molar-refractivity contribution in [2.45, 2.75) is 18.9 Å². The lowest BCUT2D eigenvalue weighted by molar-refractivity contribution is -0.116. The van der Waals surface area contributed by atoms with E-state index in [4.69, 9.17) is 23.2 Å². The van der Waals surface area contributed by atoms with Crippen molar-refractivity contribution >= 4 is 46.7 Å². The molecule has 0 spiro atoms. The zero-order valence-electron chi connectivity index (χ0n) is 18.1. The van der Waals surface area contributed by atoms with Crippen LogP contribution in [0.1, 0.15) is 29.2 Å². The minimum absolute atomic E-state index is 0.138. The first kappa shape index (κ1) is 22.2. The van der Waals surface area contributed by atoms with Crippen molar-refractivity contribution in [2.75, 3.05) is 10.6 Å². The first-order chi connectivity index (χ1) is 16.5. The predicted molar refractivity (Wildman–Crippen MR) is 136 cm³/mol. The Morgan fingerprint density at radius 1 is 0.941 bits per heavy atom. The summed E-state index contributed by atoms with van der Waals surface area (Å²) < 4.78 is 1.76. The molecule has 3 aromatic carbocycles. The van der Waals surface area contributed by atoms with Crippen LogP contribution in [0, 0.1) is 0 Å². The molecule has 1 aromatic heterocycles. The van der Waals surface area contributed by atoms with E-state index in [1.807, 2.05) is 78.9 Å². The third kappa shape index (κ3) is 4.98. The molecule has 0 bridgehead atoms. The van der Waals surface area contributed by atoms with E-state index < -0.39 is 0 Å². The van der Waals surface area contributed by atoms with Crippen LogP contribution in [0.4, 0.5) is 11.9 Å². The lowest BCUT2D eigenvalue weighted by atomic mass is 10.0. The smallest absolute Gasteiger partial charge is 0.250 e. The van der Waals surface area contributed by atoms with E-state index in [0.717, 1.165) is 22.4 Å². The number of aromatic nitrogens is 3. The van der Waals surface area contributed by atoms with Crippen LogP contribution in [-0.2, 0) is 11.2 Å². The summed E-state index contributed by atoms with van der Waals surface area (Å²) >= 11 is 12.2. The van der Waals surface area contributed by atoms with Crippen LogP contribution in [-0.4, -0.2) is 20.7 Å². The van der Waals surface area contributed by atoms with Gasteiger partial charge in [0.2, 0.25) is 11.9 Å². The number of amides is 1. The Bertz CT molecular complexity index is 1330. The standard InChI is InChI=1S/C26H21Cl2N5O/c27-20-11-7-18(8-12-20)22-16-23(19-9-13-21(28)14-10-19)33-26(29-22)31-25(32-33)30-24(34)15-6-17-4-2-1-3-5-17/h1-5,7-14,16,23H,6,15H2,(H2,29,30,31,32,34)/t23-/m1/s1. The molecule has 0 aliphatic carbocycles. The summed E-state index contributed by atoms with van der Waals surface area (Å²) in [6.45, 7) is 0. The minimum Gasteiger partial charge on any atom is -0.324 e. The second-order valence-electron chi connectivity index (χ2n) is 7.95. The van der Waals surface area contributed by atoms with E-state index in [1.54, 1.807) is 4.68 Å². The predicted octanol–water partition coefficient (Wildman–Crippen LogP) is 6.21. The molecule has 8 heteroatoms. The number of fused-ring (bicyclic) bond motifs is 1. The van der Waals surface area contributed by atoms with Crippen molar-refractivity contribution in [3.8, 4) is 0 Å². The molecular weight excluding hydrogens is 469 g/mol. The Morgan fingerprint density at radius 2 is 1.62 bits per heavy atom. The van der Waals surface area contributed by atoms with Crippen molar-refractivity contribution < 1.29 is 4.79 Å². The number of carbonyl (C=O) groups is 1. The molecule has 0 saturated heterocycles. The van der Waals surface area contributed by atoms with E-state index in [-0.39, 0.29) is 17.9 Å². The maximum Gasteiger partial charge on any atom is 0.250 e. The zero-order valence-corrected chi connectivity index (χ0v) is 19.6. The van der Waals surface area contributed by atoms with Gasteiger partial charge in [-0.1, -0.05) is 77.8 Å². The number of rotatable bonds is 6. The number of hydrogen-bond donors (Lipinski definition) is 2. The first-order valence-electron chi connectivity index (χ1n) is 10.9. The average molecular weight is 490 g/mol. The molecule has 2 heterocycles. The van der Waals surface area contributed by atoms with Gasteiger partial charge in [0.25, 0.3) is 5.95 Å². The summed E-state index contributed by atoms with van der Waals surface area (Å²) in [6.07, 6.45) is 3.06. The van der Waals surface area contributed by atoms with Gasteiger partial charge >= 0.3 is 0 Å². The second-order valence-corrected chi connectivity index (χ2v) is 8.82. The fourth-order valence-corrected chi connectivity index (χ4v) is 4.08. The summed E-state index contributed by atoms with van der Waals surface area (Å²) in [4.78, 5) is 17.1. The highest BCUT2D eigenvalue weighted by molar-refractivity contribution is 6.30. The number of carbonyl (C=O) groups excluding carboxylic acids is 1. The molecular formula is C26H21Cl2N5O. The molecule has 0 radical (unpaired) electrons. The van der Waals surface area contributed by atoms with E-state index in [1.165, 1.54) is 0 Å². The Balaban J connectivity index is 1.40. The lowest BCUT2D eigenvalue weighted by Gasteiger charge is -2.24. The quantitative estimate of drug-likeness (QED) is 0.337. The molecule has 170 valence electrons. The van der Waals surface area contributed by atoms with Gasteiger partial charge in [-0.25, -0.2) is 4.68 Å². The molecule has 34 heavy (non-hydrogen) atoms. The van der Waals surface area contributed by atoms with Gasteiger partial charge in [-0.3, -0.25) is 10.1 Å². The van der Waals surface area contributed by atoms with Crippen molar-refractivity contribution in [1.82, 2.24) is 14.8 Å². The molecule has 0 saturated carbocycles. The van der Waals surface area contributed by atoms with Crippen molar-refractivity contribution in [3.05, 3.63) is 112 Å². The molecule has 2 N–H and O–H groups in total. The van der Waals surface area contributed by atoms with Gasteiger partial charge < -0.3 is 5.32 Å². The van der Waals surface area contributed by atoms with E-state index in [9.17, 15) is 4.79 Å². The third-order valence-electron chi connectivity index (χ3n) is 5.57. The van der Waals surface area contributed by atoms with Crippen molar-refractivity contribution in [1.29, 1.82) is 0 Å². The number of nitrogens with one attached hydrogen (secondary N) is 2. The molecule has 6 nitrogen and oxygen atoms in total. The van der Waals surface area contributed by atoms with Gasteiger partial charge in [0.15, 0.2) is 0 Å². The van der Waals surface area contributed by atoms with Gasteiger partial charge in [-0.15, -0.1) is 5.10 Å². The fraction of sp³-hybridized carbons (Fsp3) is 0.115. The SMILES string of the molecule is O=C(CCc1ccccc1)Nc1nc2n(n1)[C@@H](c1ccc(Cl)cc1)C=C(c1ccc(Cl)cc1)N2. The Morgan fingerprint density at radius 3 is 2.32 bits per heavy atom. The van der Waals surface area contributed by atoms with E-state index in [0.29, 0.717) is 28.8 Å². The number of benzene rings is 3. The van der Waals surface area contributed by atoms with Crippen LogP contribution in [0.25, 0.3) is 5.70 Å². The highest BCUT2D eigenvalue weighted by Crippen LogP contribution is 2.34. The maximum atomic E-state index is 12.5. The number of aryl methyl sites for hydroxylation is 1. The minimum atomic E-state index is -0.235. The highest BCUT2D eigenvalue weighted by atomic mass is 35.5. The van der Waals surface area contributed by atoms with Gasteiger partial charge in [0, 0.05) is 22.2 Å². The summed E-state index contributed by atoms with van der Waals surface area (Å²) in [5.74, 6) is 0.650. The largest absolute Gasteiger partial charge is 0.324 e. The van der Waals surface area contributed by atoms with Crippen LogP contribution in [0.3, 0.4) is 0 Å². The second kappa shape index (κ2) is 9.71. The Kier molecular flexibility index (Phi) is 6.34. The Labute approximate surface area is 207 Å². The molecule has 1 atom stereocenters. The normalized spacial score (nSPS) is 14.6. The summed E-state index contributed by atoms with van der Waals surface area (Å²) in [5.41, 5.74) is 3.94. The van der Waals surface area contributed by atoms with Crippen LogP contribution in [0.2, 0.25) is 10.0 Å². The van der Waals surface area contributed by atoms with E-state index in [2.05, 4.69) is 26.8 Å². The Hall–Kier alpha value is -3.61. The summed E-state index contributed by atoms with van der Waals surface area (Å²) in [6, 6.07) is 24.8. The summed E-state index contributed by atoms with van der Waals surface area (Å²) in [7, 11) is 0. The molecule has 1 aliphatic rings. The van der Waals surface area contributed by atoms with Gasteiger partial charge in [0.05, 0.1) is 0 Å². The number of anilines is 2. The summed E-state index contributed by atoms with van der Waals surface area (Å²) in [5, 5.41) is 12.1. The third-order valence-corrected chi connectivity index (χ3v) is 6.07. The van der Waals surface area contributed by atoms with Gasteiger partial charge in [-0.2, -0.15) is 4.98 Å². The van der Waals surface area contributed by atoms with Crippen LogP contribution in [0.15, 0.2) is 84.9 Å². The van der Waals surface area contributed by atoms with Crippen molar-refractivity contribution in [2.24, 2.45) is 0 Å². The zero-order chi connectivity index (χ0) is 23.5. The topological polar surface area (TPSA) is 71.8 Å². The molecule has 5 rings (SSSR count). The molecule has 1 amide bonds. The number of halogens is 2. The molecule has 0 fully saturated rings. The number of nitrogens with zero attached hydrogens (tertiary/aromatic N) is 3. The molecule has 4 aromatic rings.